The Bertz CT molecular complexity index is 695. The zero-order chi connectivity index (χ0) is 19.4. The molecule has 0 bridgehead atoms. The SMILES string of the molecule is C=C(CCCC)C(=O)N1C(=O)OC(C)(CCC2CC2)[C@@H]1Cc1ccccc1. The molecule has 1 heterocycles. The third kappa shape index (κ3) is 4.60. The Morgan fingerprint density at radius 3 is 2.63 bits per heavy atom. The predicted octanol–water partition coefficient (Wildman–Crippen LogP) is 5.27. The summed E-state index contributed by atoms with van der Waals surface area (Å²) in [7, 11) is 0. The van der Waals surface area contributed by atoms with Crippen molar-refractivity contribution in [3.8, 4) is 0 Å². The maximum Gasteiger partial charge on any atom is 0.417 e. The van der Waals surface area contributed by atoms with Crippen LogP contribution in [0.15, 0.2) is 42.5 Å². The van der Waals surface area contributed by atoms with Crippen LogP contribution in [-0.4, -0.2) is 28.5 Å². The lowest BCUT2D eigenvalue weighted by molar-refractivity contribution is -0.126. The summed E-state index contributed by atoms with van der Waals surface area (Å²) in [5.41, 5.74) is 0.963. The second kappa shape index (κ2) is 8.28. The molecule has 2 atom stereocenters. The van der Waals surface area contributed by atoms with Crippen LogP contribution in [0, 0.1) is 5.92 Å². The molecule has 1 saturated carbocycles. The molecule has 1 aliphatic carbocycles. The molecule has 2 fully saturated rings. The minimum atomic E-state index is -0.643. The van der Waals surface area contributed by atoms with Gasteiger partial charge in [0.25, 0.3) is 5.91 Å². The molecule has 1 aromatic rings. The first-order chi connectivity index (χ1) is 12.9. The summed E-state index contributed by atoms with van der Waals surface area (Å²) in [6.07, 6.45) is 6.99. The van der Waals surface area contributed by atoms with E-state index in [2.05, 4.69) is 13.5 Å². The van der Waals surface area contributed by atoms with Gasteiger partial charge in [-0.3, -0.25) is 4.79 Å². The van der Waals surface area contributed by atoms with Crippen LogP contribution in [-0.2, 0) is 16.0 Å². The van der Waals surface area contributed by atoms with E-state index >= 15 is 0 Å². The topological polar surface area (TPSA) is 46.6 Å². The Morgan fingerprint density at radius 1 is 1.30 bits per heavy atom. The molecule has 1 aliphatic heterocycles. The monoisotopic (exact) mass is 369 g/mol. The number of hydrogen-bond donors (Lipinski definition) is 0. The minimum absolute atomic E-state index is 0.274. The van der Waals surface area contributed by atoms with Gasteiger partial charge in [-0.05, 0) is 50.5 Å². The zero-order valence-electron chi connectivity index (χ0n) is 16.6. The van der Waals surface area contributed by atoms with Crippen LogP contribution in [0.4, 0.5) is 4.79 Å². The first kappa shape index (κ1) is 19.7. The molecule has 1 unspecified atom stereocenters. The normalized spacial score (nSPS) is 24.7. The van der Waals surface area contributed by atoms with Crippen molar-refractivity contribution in [3.63, 3.8) is 0 Å². The van der Waals surface area contributed by atoms with Crippen LogP contribution in [0.5, 0.6) is 0 Å². The Kier molecular flexibility index (Phi) is 6.03. The second-order valence-electron chi connectivity index (χ2n) is 8.25. The summed E-state index contributed by atoms with van der Waals surface area (Å²) in [6, 6.07) is 9.73. The number of imide groups is 1. The fraction of sp³-hybridized carbons (Fsp3) is 0.565. The maximum atomic E-state index is 13.0. The van der Waals surface area contributed by atoms with Crippen LogP contribution in [0.1, 0.15) is 64.4 Å². The van der Waals surface area contributed by atoms with Crippen LogP contribution in [0.2, 0.25) is 0 Å². The molecule has 0 radical (unpaired) electrons. The number of amides is 2. The Morgan fingerprint density at radius 2 is 2.00 bits per heavy atom. The molecule has 27 heavy (non-hydrogen) atoms. The van der Waals surface area contributed by atoms with Crippen molar-refractivity contribution < 1.29 is 14.3 Å². The van der Waals surface area contributed by atoms with Crippen molar-refractivity contribution in [1.82, 2.24) is 4.90 Å². The fourth-order valence-corrected chi connectivity index (χ4v) is 3.87. The van der Waals surface area contributed by atoms with Gasteiger partial charge in [-0.15, -0.1) is 0 Å². The first-order valence-electron chi connectivity index (χ1n) is 10.2. The van der Waals surface area contributed by atoms with Crippen molar-refractivity contribution in [1.29, 1.82) is 0 Å². The highest BCUT2D eigenvalue weighted by Crippen LogP contribution is 2.41. The summed E-state index contributed by atoms with van der Waals surface area (Å²) in [5, 5.41) is 0. The van der Waals surface area contributed by atoms with Crippen LogP contribution < -0.4 is 0 Å². The average molecular weight is 370 g/mol. The predicted molar refractivity (Wildman–Crippen MR) is 106 cm³/mol. The van der Waals surface area contributed by atoms with Gasteiger partial charge in [-0.2, -0.15) is 0 Å². The van der Waals surface area contributed by atoms with Crippen molar-refractivity contribution in [2.24, 2.45) is 5.92 Å². The van der Waals surface area contributed by atoms with Crippen LogP contribution >= 0.6 is 0 Å². The lowest BCUT2D eigenvalue weighted by Gasteiger charge is -2.31. The Labute approximate surface area is 162 Å². The van der Waals surface area contributed by atoms with E-state index in [1.165, 1.54) is 17.7 Å². The number of benzene rings is 1. The van der Waals surface area contributed by atoms with E-state index < -0.39 is 11.7 Å². The number of carbonyl (C=O) groups excluding carboxylic acids is 2. The van der Waals surface area contributed by atoms with E-state index in [1.807, 2.05) is 37.3 Å². The number of nitrogens with zero attached hydrogens (tertiary/aromatic N) is 1. The van der Waals surface area contributed by atoms with Gasteiger partial charge in [0, 0.05) is 5.57 Å². The molecule has 0 spiro atoms. The van der Waals surface area contributed by atoms with Gasteiger partial charge in [0.1, 0.15) is 5.60 Å². The van der Waals surface area contributed by atoms with E-state index in [0.717, 1.165) is 37.2 Å². The lowest BCUT2D eigenvalue weighted by Crippen LogP contribution is -2.48. The third-order valence-electron chi connectivity index (χ3n) is 5.90. The molecular formula is C23H31NO3. The Balaban J connectivity index is 1.83. The molecule has 146 valence electrons. The van der Waals surface area contributed by atoms with Gasteiger partial charge in [0.2, 0.25) is 0 Å². The number of hydrogen-bond acceptors (Lipinski definition) is 3. The number of cyclic esters (lactones) is 1. The summed E-state index contributed by atoms with van der Waals surface area (Å²) in [4.78, 5) is 27.1. The van der Waals surface area contributed by atoms with Gasteiger partial charge in [-0.1, -0.05) is 63.1 Å². The van der Waals surface area contributed by atoms with Crippen LogP contribution in [0.3, 0.4) is 0 Å². The quantitative estimate of drug-likeness (QED) is 0.557. The Hall–Kier alpha value is -2.10. The molecule has 2 aliphatic rings. The lowest BCUT2D eigenvalue weighted by atomic mass is 9.85. The average Bonchev–Trinajstić information content (AvgIpc) is 3.45. The molecule has 2 amide bonds. The number of unbranched alkanes of at least 4 members (excludes halogenated alkanes) is 1. The second-order valence-corrected chi connectivity index (χ2v) is 8.25. The molecule has 3 rings (SSSR count). The number of carbonyl (C=O) groups is 2. The number of rotatable bonds is 9. The van der Waals surface area contributed by atoms with Crippen molar-refractivity contribution >= 4 is 12.0 Å². The highest BCUT2D eigenvalue weighted by Gasteiger charge is 2.53. The largest absolute Gasteiger partial charge is 0.441 e. The zero-order valence-corrected chi connectivity index (χ0v) is 16.6. The van der Waals surface area contributed by atoms with Gasteiger partial charge < -0.3 is 4.74 Å². The van der Waals surface area contributed by atoms with Gasteiger partial charge in [0.15, 0.2) is 0 Å². The molecule has 1 saturated heterocycles. The van der Waals surface area contributed by atoms with Crippen molar-refractivity contribution in [2.75, 3.05) is 0 Å². The summed E-state index contributed by atoms with van der Waals surface area (Å²) in [5.74, 6) is 0.478. The summed E-state index contributed by atoms with van der Waals surface area (Å²) >= 11 is 0. The first-order valence-corrected chi connectivity index (χ1v) is 10.2. The molecule has 0 N–H and O–H groups in total. The van der Waals surface area contributed by atoms with Gasteiger partial charge in [0.05, 0.1) is 6.04 Å². The van der Waals surface area contributed by atoms with Gasteiger partial charge in [-0.25, -0.2) is 9.69 Å². The smallest absolute Gasteiger partial charge is 0.417 e. The van der Waals surface area contributed by atoms with E-state index in [4.69, 9.17) is 4.74 Å². The van der Waals surface area contributed by atoms with Gasteiger partial charge >= 0.3 is 6.09 Å². The van der Waals surface area contributed by atoms with E-state index in [9.17, 15) is 9.59 Å². The molecule has 4 heteroatoms. The van der Waals surface area contributed by atoms with Crippen molar-refractivity contribution in [3.05, 3.63) is 48.0 Å². The molecule has 0 aromatic heterocycles. The number of ether oxygens (including phenoxy) is 1. The molecule has 1 aromatic carbocycles. The minimum Gasteiger partial charge on any atom is -0.441 e. The molecular weight excluding hydrogens is 338 g/mol. The highest BCUT2D eigenvalue weighted by atomic mass is 16.6. The fourth-order valence-electron chi connectivity index (χ4n) is 3.87. The maximum absolute atomic E-state index is 13.0. The summed E-state index contributed by atoms with van der Waals surface area (Å²) in [6.45, 7) is 8.01. The molecule has 4 nitrogen and oxygen atoms in total. The van der Waals surface area contributed by atoms with E-state index in [-0.39, 0.29) is 11.9 Å². The third-order valence-corrected chi connectivity index (χ3v) is 5.90. The standard InChI is InChI=1S/C23H31NO3/c1-4-5-9-17(2)21(25)24-20(16-19-10-7-6-8-11-19)23(3,27-22(24)26)15-14-18-12-13-18/h6-8,10-11,18,20H,2,4-5,9,12-16H2,1,3H3/t20-,23?/m0/s1. The highest BCUT2D eigenvalue weighted by molar-refractivity contribution is 6.03. The van der Waals surface area contributed by atoms with E-state index in [1.54, 1.807) is 0 Å². The van der Waals surface area contributed by atoms with Crippen molar-refractivity contribution in [2.45, 2.75) is 76.9 Å². The summed E-state index contributed by atoms with van der Waals surface area (Å²) < 4.78 is 5.83. The van der Waals surface area contributed by atoms with Crippen LogP contribution in [0.25, 0.3) is 0 Å². The van der Waals surface area contributed by atoms with E-state index in [0.29, 0.717) is 18.4 Å².